The van der Waals surface area contributed by atoms with Crippen LogP contribution in [0.2, 0.25) is 0 Å². The summed E-state index contributed by atoms with van der Waals surface area (Å²) in [6.45, 7) is 9.00. The van der Waals surface area contributed by atoms with Gasteiger partial charge in [-0.2, -0.15) is 5.10 Å². The fourth-order valence-corrected chi connectivity index (χ4v) is 5.23. The molecular weight excluding hydrogens is 455 g/mol. The molecule has 1 fully saturated rings. The van der Waals surface area contributed by atoms with E-state index in [1.54, 1.807) is 6.92 Å². The highest BCUT2D eigenvalue weighted by atomic mass is 19.3. The lowest BCUT2D eigenvalue weighted by atomic mass is 9.85. The van der Waals surface area contributed by atoms with E-state index < -0.39 is 29.3 Å². The largest absolute Gasteiger partial charge is 0.361 e. The number of nitrogens with zero attached hydrogens (tertiary/aromatic N) is 3. The highest BCUT2D eigenvalue weighted by Crippen LogP contribution is 2.46. The highest BCUT2D eigenvalue weighted by Gasteiger charge is 2.47. The number of carbonyl (C=O) groups excluding carboxylic acids is 1. The number of hydrogen-bond donors (Lipinski definition) is 2. The van der Waals surface area contributed by atoms with Crippen molar-refractivity contribution in [1.29, 1.82) is 0 Å². The molecule has 0 bridgehead atoms. The maximum atomic E-state index is 14.8. The SMILES string of the molecule is Cc1nnc(N[C@H](C)c2cccc(C(F)F)c2F)c2cc3c(cc12)C(C)(C)C(=O)N3[C@@H]1CCNC1. The molecule has 0 radical (unpaired) electrons. The second-order valence-corrected chi connectivity index (χ2v) is 9.91. The third kappa shape index (κ3) is 3.73. The number of nitrogens with one attached hydrogen (secondary N) is 2. The fourth-order valence-electron chi connectivity index (χ4n) is 5.23. The molecule has 2 aromatic carbocycles. The lowest BCUT2D eigenvalue weighted by Gasteiger charge is -2.26. The van der Waals surface area contributed by atoms with Crippen LogP contribution in [-0.4, -0.2) is 35.2 Å². The van der Waals surface area contributed by atoms with Gasteiger partial charge in [-0.15, -0.1) is 5.10 Å². The number of benzene rings is 2. The van der Waals surface area contributed by atoms with E-state index in [0.717, 1.165) is 47.6 Å². The van der Waals surface area contributed by atoms with Crippen molar-refractivity contribution in [3.05, 3.63) is 58.5 Å². The Kier molecular flexibility index (Phi) is 5.70. The van der Waals surface area contributed by atoms with E-state index in [9.17, 15) is 18.0 Å². The summed E-state index contributed by atoms with van der Waals surface area (Å²) in [5.74, 6) is -0.465. The Labute approximate surface area is 201 Å². The van der Waals surface area contributed by atoms with Crippen molar-refractivity contribution in [2.24, 2.45) is 0 Å². The average molecular weight is 484 g/mol. The predicted molar refractivity (Wildman–Crippen MR) is 129 cm³/mol. The molecule has 35 heavy (non-hydrogen) atoms. The summed E-state index contributed by atoms with van der Waals surface area (Å²) < 4.78 is 41.2. The summed E-state index contributed by atoms with van der Waals surface area (Å²) in [4.78, 5) is 15.3. The van der Waals surface area contributed by atoms with Crippen LogP contribution in [0.25, 0.3) is 10.8 Å². The molecule has 2 atom stereocenters. The average Bonchev–Trinajstić information content (AvgIpc) is 3.40. The molecule has 0 saturated carbocycles. The van der Waals surface area contributed by atoms with E-state index in [2.05, 4.69) is 20.8 Å². The van der Waals surface area contributed by atoms with Crippen molar-refractivity contribution in [3.8, 4) is 0 Å². The first-order valence-corrected chi connectivity index (χ1v) is 11.8. The van der Waals surface area contributed by atoms with Crippen molar-refractivity contribution in [3.63, 3.8) is 0 Å². The van der Waals surface area contributed by atoms with Crippen LogP contribution < -0.4 is 15.5 Å². The molecule has 1 saturated heterocycles. The van der Waals surface area contributed by atoms with Crippen LogP contribution in [0.3, 0.4) is 0 Å². The minimum absolute atomic E-state index is 0.0591. The number of fused-ring (bicyclic) bond motifs is 2. The van der Waals surface area contributed by atoms with Gasteiger partial charge in [-0.1, -0.05) is 18.2 Å². The molecule has 184 valence electrons. The van der Waals surface area contributed by atoms with Gasteiger partial charge in [0.15, 0.2) is 5.82 Å². The van der Waals surface area contributed by atoms with Crippen LogP contribution in [0.1, 0.15) is 62.0 Å². The maximum absolute atomic E-state index is 14.8. The van der Waals surface area contributed by atoms with Gasteiger partial charge in [-0.25, -0.2) is 13.2 Å². The van der Waals surface area contributed by atoms with Gasteiger partial charge in [0.05, 0.1) is 28.8 Å². The lowest BCUT2D eigenvalue weighted by molar-refractivity contribution is -0.122. The molecule has 3 heterocycles. The summed E-state index contributed by atoms with van der Waals surface area (Å²) in [6, 6.07) is 7.38. The summed E-state index contributed by atoms with van der Waals surface area (Å²) in [5, 5.41) is 16.7. The number of aryl methyl sites for hydroxylation is 1. The Morgan fingerprint density at radius 1 is 1.17 bits per heavy atom. The molecule has 0 aliphatic carbocycles. The Bertz CT molecular complexity index is 1320. The Balaban J connectivity index is 1.60. The molecule has 1 amide bonds. The molecule has 3 aromatic rings. The molecule has 2 aliphatic heterocycles. The molecular formula is C26H28F3N5O. The van der Waals surface area contributed by atoms with E-state index >= 15 is 0 Å². The topological polar surface area (TPSA) is 70.2 Å². The lowest BCUT2D eigenvalue weighted by Crippen LogP contribution is -2.43. The van der Waals surface area contributed by atoms with Gasteiger partial charge in [-0.3, -0.25) is 4.79 Å². The maximum Gasteiger partial charge on any atom is 0.266 e. The number of hydrogen-bond acceptors (Lipinski definition) is 5. The van der Waals surface area contributed by atoms with E-state index in [1.807, 2.05) is 37.8 Å². The minimum atomic E-state index is -2.90. The number of halogens is 3. The van der Waals surface area contributed by atoms with Crippen molar-refractivity contribution in [1.82, 2.24) is 15.5 Å². The van der Waals surface area contributed by atoms with Crippen molar-refractivity contribution in [2.45, 2.75) is 58.0 Å². The Morgan fingerprint density at radius 3 is 2.60 bits per heavy atom. The van der Waals surface area contributed by atoms with Gasteiger partial charge in [0, 0.05) is 28.6 Å². The van der Waals surface area contributed by atoms with Crippen LogP contribution in [0, 0.1) is 12.7 Å². The standard InChI is InChI=1S/C26H28F3N5O/c1-13(16-6-5-7-17(22(16)27)23(28)29)31-24-19-11-21-20(10-18(19)14(2)32-33-24)26(3,4)25(35)34(21)15-8-9-30-12-15/h5-7,10-11,13,15,23,30H,8-9,12H2,1-4H3,(H,31,33)/t13-,15-/m1/s1. The van der Waals surface area contributed by atoms with E-state index in [0.29, 0.717) is 11.5 Å². The number of amides is 1. The summed E-state index contributed by atoms with van der Waals surface area (Å²) in [5.41, 5.74) is 1.30. The number of aromatic nitrogens is 2. The molecule has 5 rings (SSSR count). The summed E-state index contributed by atoms with van der Waals surface area (Å²) >= 11 is 0. The van der Waals surface area contributed by atoms with E-state index in [1.165, 1.54) is 12.1 Å². The second-order valence-electron chi connectivity index (χ2n) is 9.91. The minimum Gasteiger partial charge on any atom is -0.361 e. The van der Waals surface area contributed by atoms with Crippen LogP contribution in [-0.2, 0) is 10.2 Å². The molecule has 0 unspecified atom stereocenters. The third-order valence-electron chi connectivity index (χ3n) is 7.28. The Hall–Kier alpha value is -3.20. The number of alkyl halides is 2. The molecule has 2 N–H and O–H groups in total. The zero-order chi connectivity index (χ0) is 25.1. The zero-order valence-corrected chi connectivity index (χ0v) is 20.1. The van der Waals surface area contributed by atoms with Crippen molar-refractivity contribution < 1.29 is 18.0 Å². The Morgan fingerprint density at radius 2 is 1.91 bits per heavy atom. The first-order valence-electron chi connectivity index (χ1n) is 11.8. The molecule has 2 aliphatic rings. The van der Waals surface area contributed by atoms with Crippen LogP contribution in [0.5, 0.6) is 0 Å². The van der Waals surface area contributed by atoms with Crippen LogP contribution in [0.4, 0.5) is 24.7 Å². The van der Waals surface area contributed by atoms with Gasteiger partial charge in [0.25, 0.3) is 6.43 Å². The monoisotopic (exact) mass is 483 g/mol. The first-order chi connectivity index (χ1) is 16.6. The van der Waals surface area contributed by atoms with Crippen LogP contribution in [0.15, 0.2) is 30.3 Å². The van der Waals surface area contributed by atoms with Gasteiger partial charge in [-0.05, 0) is 58.4 Å². The summed E-state index contributed by atoms with van der Waals surface area (Å²) in [6.07, 6.45) is -2.03. The van der Waals surface area contributed by atoms with Gasteiger partial charge in [0.2, 0.25) is 5.91 Å². The number of carbonyl (C=O) groups is 1. The van der Waals surface area contributed by atoms with Gasteiger partial charge >= 0.3 is 0 Å². The fraction of sp³-hybridized carbons (Fsp3) is 0.423. The van der Waals surface area contributed by atoms with E-state index in [4.69, 9.17) is 0 Å². The van der Waals surface area contributed by atoms with Crippen molar-refractivity contribution in [2.75, 3.05) is 23.3 Å². The smallest absolute Gasteiger partial charge is 0.266 e. The quantitative estimate of drug-likeness (QED) is 0.524. The van der Waals surface area contributed by atoms with E-state index in [-0.39, 0.29) is 17.5 Å². The third-order valence-corrected chi connectivity index (χ3v) is 7.28. The highest BCUT2D eigenvalue weighted by molar-refractivity contribution is 6.11. The number of rotatable bonds is 5. The molecule has 0 spiro atoms. The van der Waals surface area contributed by atoms with Crippen LogP contribution >= 0.6 is 0 Å². The number of anilines is 2. The van der Waals surface area contributed by atoms with Gasteiger partial charge < -0.3 is 15.5 Å². The first kappa shape index (κ1) is 23.5. The molecule has 9 heteroatoms. The molecule has 6 nitrogen and oxygen atoms in total. The zero-order valence-electron chi connectivity index (χ0n) is 20.1. The van der Waals surface area contributed by atoms with Crippen molar-refractivity contribution >= 4 is 28.2 Å². The normalized spacial score (nSPS) is 20.1. The predicted octanol–water partition coefficient (Wildman–Crippen LogP) is 5.17. The van der Waals surface area contributed by atoms with Gasteiger partial charge in [0.1, 0.15) is 5.82 Å². The summed E-state index contributed by atoms with van der Waals surface area (Å²) in [7, 11) is 0. The molecule has 1 aromatic heterocycles. The second kappa shape index (κ2) is 8.48.